The zero-order valence-corrected chi connectivity index (χ0v) is 13.8. The number of thioether (sulfide) groups is 1. The van der Waals surface area contributed by atoms with Crippen molar-refractivity contribution in [1.29, 1.82) is 0 Å². The second kappa shape index (κ2) is 5.90. The van der Waals surface area contributed by atoms with Crippen molar-refractivity contribution >= 4 is 39.5 Å². The normalized spacial score (nSPS) is 15.2. The topological polar surface area (TPSA) is 78.0 Å². The third kappa shape index (κ3) is 2.49. The summed E-state index contributed by atoms with van der Waals surface area (Å²) < 4.78 is 7.32. The lowest BCUT2D eigenvalue weighted by molar-refractivity contribution is 0.200. The van der Waals surface area contributed by atoms with Crippen LogP contribution in [0, 0.1) is 0 Å². The van der Waals surface area contributed by atoms with Gasteiger partial charge < -0.3 is 15.9 Å². The number of nitrogen functional groups attached to an aromatic ring is 1. The van der Waals surface area contributed by atoms with Gasteiger partial charge in [0.15, 0.2) is 5.82 Å². The van der Waals surface area contributed by atoms with Gasteiger partial charge in [0, 0.05) is 30.4 Å². The molecule has 1 aliphatic heterocycles. The molecule has 0 unspecified atom stereocenters. The molecule has 2 aromatic heterocycles. The van der Waals surface area contributed by atoms with Crippen molar-refractivity contribution in [3.63, 3.8) is 0 Å². The standard InChI is InChI=1S/C16H19N5OS/c1-22-7-6-13-19-14-15(21(13)20-10-8-23-9-10)11-4-2-3-5-12(11)18-16(14)17/h2-5,10,20H,6-9H2,1H3,(H2,17,18). The molecule has 3 heterocycles. The zero-order valence-electron chi connectivity index (χ0n) is 13.0. The fourth-order valence-electron chi connectivity index (χ4n) is 2.84. The molecule has 0 saturated carbocycles. The highest BCUT2D eigenvalue weighted by Gasteiger charge is 2.22. The fourth-order valence-corrected chi connectivity index (χ4v) is 3.46. The van der Waals surface area contributed by atoms with E-state index in [1.165, 1.54) is 0 Å². The highest BCUT2D eigenvalue weighted by molar-refractivity contribution is 8.00. The van der Waals surface area contributed by atoms with E-state index in [0.29, 0.717) is 18.5 Å². The van der Waals surface area contributed by atoms with Gasteiger partial charge in [-0.2, -0.15) is 11.8 Å². The van der Waals surface area contributed by atoms with Crippen LogP contribution < -0.4 is 11.2 Å². The van der Waals surface area contributed by atoms with E-state index >= 15 is 0 Å². The van der Waals surface area contributed by atoms with E-state index in [9.17, 15) is 0 Å². The molecule has 0 atom stereocenters. The van der Waals surface area contributed by atoms with Gasteiger partial charge in [0.25, 0.3) is 0 Å². The Morgan fingerprint density at radius 2 is 2.17 bits per heavy atom. The summed E-state index contributed by atoms with van der Waals surface area (Å²) in [4.78, 5) is 9.23. The first-order valence-corrected chi connectivity index (χ1v) is 8.82. The number of nitrogens with two attached hydrogens (primary N) is 1. The summed E-state index contributed by atoms with van der Waals surface area (Å²) in [5.74, 6) is 3.63. The molecule has 6 nitrogen and oxygen atoms in total. The molecule has 3 N–H and O–H groups in total. The average Bonchev–Trinajstić information content (AvgIpc) is 2.88. The SMILES string of the molecule is COCCc1nc2c(N)nc3ccccc3c2n1NC1CSC1. The number of para-hydroxylation sites is 1. The van der Waals surface area contributed by atoms with E-state index < -0.39 is 0 Å². The monoisotopic (exact) mass is 329 g/mol. The molecule has 0 spiro atoms. The van der Waals surface area contributed by atoms with Crippen molar-refractivity contribution in [3.05, 3.63) is 30.1 Å². The first-order valence-electron chi connectivity index (χ1n) is 7.66. The second-order valence-electron chi connectivity index (χ2n) is 5.68. The van der Waals surface area contributed by atoms with Crippen molar-refractivity contribution in [3.8, 4) is 0 Å². The molecule has 3 aromatic rings. The molecule has 0 amide bonds. The van der Waals surface area contributed by atoms with Crippen LogP contribution in [0.5, 0.6) is 0 Å². The number of fused-ring (bicyclic) bond motifs is 3. The Bertz CT molecular complexity index is 858. The van der Waals surface area contributed by atoms with Crippen LogP contribution in [0.3, 0.4) is 0 Å². The molecular formula is C16H19N5OS. The number of anilines is 1. The van der Waals surface area contributed by atoms with Gasteiger partial charge >= 0.3 is 0 Å². The maximum absolute atomic E-state index is 6.16. The van der Waals surface area contributed by atoms with E-state index in [4.69, 9.17) is 15.5 Å². The molecule has 4 rings (SSSR count). The van der Waals surface area contributed by atoms with Gasteiger partial charge in [0.1, 0.15) is 16.9 Å². The summed E-state index contributed by atoms with van der Waals surface area (Å²) in [5, 5.41) is 1.06. The van der Waals surface area contributed by atoms with Gasteiger partial charge in [-0.15, -0.1) is 0 Å². The Morgan fingerprint density at radius 3 is 2.91 bits per heavy atom. The minimum Gasteiger partial charge on any atom is -0.384 e. The number of aromatic nitrogens is 3. The van der Waals surface area contributed by atoms with Gasteiger partial charge in [-0.25, -0.2) is 14.6 Å². The Labute approximate surface area is 138 Å². The first kappa shape index (κ1) is 14.6. The van der Waals surface area contributed by atoms with Crippen molar-refractivity contribution in [2.45, 2.75) is 12.5 Å². The third-order valence-corrected chi connectivity index (χ3v) is 5.35. The molecule has 7 heteroatoms. The summed E-state index contributed by atoms with van der Waals surface area (Å²) in [6.45, 7) is 0.621. The highest BCUT2D eigenvalue weighted by atomic mass is 32.2. The zero-order chi connectivity index (χ0) is 15.8. The van der Waals surface area contributed by atoms with Gasteiger partial charge in [0.05, 0.1) is 18.2 Å². The Hall–Kier alpha value is -1.99. The number of hydrogen-bond donors (Lipinski definition) is 2. The average molecular weight is 329 g/mol. The van der Waals surface area contributed by atoms with Crippen LogP contribution in [-0.2, 0) is 11.2 Å². The molecule has 1 saturated heterocycles. The molecule has 0 radical (unpaired) electrons. The van der Waals surface area contributed by atoms with Crippen LogP contribution >= 0.6 is 11.8 Å². The number of pyridine rings is 1. The number of benzene rings is 1. The van der Waals surface area contributed by atoms with E-state index in [2.05, 4.69) is 21.2 Å². The largest absolute Gasteiger partial charge is 0.384 e. The number of nitrogens with zero attached hydrogens (tertiary/aromatic N) is 3. The van der Waals surface area contributed by atoms with Gasteiger partial charge in [-0.1, -0.05) is 18.2 Å². The second-order valence-corrected chi connectivity index (χ2v) is 6.76. The minimum atomic E-state index is 0.465. The summed E-state index contributed by atoms with van der Waals surface area (Å²) >= 11 is 1.94. The maximum Gasteiger partial charge on any atom is 0.152 e. The molecule has 1 aliphatic rings. The van der Waals surface area contributed by atoms with Crippen molar-refractivity contribution in [2.75, 3.05) is 36.4 Å². The summed E-state index contributed by atoms with van der Waals surface area (Å²) in [7, 11) is 1.70. The van der Waals surface area contributed by atoms with Gasteiger partial charge in [0.2, 0.25) is 0 Å². The number of nitrogens with one attached hydrogen (secondary N) is 1. The van der Waals surface area contributed by atoms with Crippen LogP contribution in [0.1, 0.15) is 5.82 Å². The quantitative estimate of drug-likeness (QED) is 0.745. The number of ether oxygens (including phenoxy) is 1. The predicted octanol–water partition coefficient (Wildman–Crippen LogP) is 2.01. The number of rotatable bonds is 5. The van der Waals surface area contributed by atoms with E-state index in [1.54, 1.807) is 7.11 Å². The number of hydrogen-bond acceptors (Lipinski definition) is 6. The highest BCUT2D eigenvalue weighted by Crippen LogP contribution is 2.29. The van der Waals surface area contributed by atoms with Crippen molar-refractivity contribution in [1.82, 2.24) is 14.6 Å². The fraction of sp³-hybridized carbons (Fsp3) is 0.375. The Balaban J connectivity index is 1.94. The summed E-state index contributed by atoms with van der Waals surface area (Å²) in [5.41, 5.74) is 12.4. The first-order chi connectivity index (χ1) is 11.3. The van der Waals surface area contributed by atoms with Crippen LogP contribution in [-0.4, -0.2) is 45.9 Å². The lowest BCUT2D eigenvalue weighted by Gasteiger charge is -2.28. The van der Waals surface area contributed by atoms with Crippen LogP contribution in [0.4, 0.5) is 5.82 Å². The molecule has 120 valence electrons. The predicted molar refractivity (Wildman–Crippen MR) is 95.5 cm³/mol. The van der Waals surface area contributed by atoms with Crippen LogP contribution in [0.2, 0.25) is 0 Å². The Morgan fingerprint density at radius 1 is 1.35 bits per heavy atom. The molecular weight excluding hydrogens is 310 g/mol. The third-order valence-electron chi connectivity index (χ3n) is 4.07. The molecule has 0 bridgehead atoms. The van der Waals surface area contributed by atoms with E-state index in [1.807, 2.05) is 30.0 Å². The minimum absolute atomic E-state index is 0.465. The number of methoxy groups -OCH3 is 1. The van der Waals surface area contributed by atoms with Crippen LogP contribution in [0.25, 0.3) is 21.9 Å². The lowest BCUT2D eigenvalue weighted by Crippen LogP contribution is -2.39. The van der Waals surface area contributed by atoms with Crippen molar-refractivity contribution in [2.24, 2.45) is 0 Å². The molecule has 1 fully saturated rings. The smallest absolute Gasteiger partial charge is 0.152 e. The van der Waals surface area contributed by atoms with E-state index in [-0.39, 0.29) is 0 Å². The summed E-state index contributed by atoms with van der Waals surface area (Å²) in [6, 6.07) is 8.51. The molecule has 23 heavy (non-hydrogen) atoms. The van der Waals surface area contributed by atoms with E-state index in [0.717, 1.165) is 45.7 Å². The van der Waals surface area contributed by atoms with Crippen LogP contribution in [0.15, 0.2) is 24.3 Å². The number of imidazole rings is 1. The molecule has 0 aliphatic carbocycles. The lowest BCUT2D eigenvalue weighted by atomic mass is 10.2. The van der Waals surface area contributed by atoms with Gasteiger partial charge in [-0.3, -0.25) is 0 Å². The Kier molecular flexibility index (Phi) is 3.74. The van der Waals surface area contributed by atoms with Crippen molar-refractivity contribution < 1.29 is 4.74 Å². The maximum atomic E-state index is 6.16. The summed E-state index contributed by atoms with van der Waals surface area (Å²) in [6.07, 6.45) is 0.728. The molecule has 1 aromatic carbocycles. The van der Waals surface area contributed by atoms with Gasteiger partial charge in [-0.05, 0) is 6.07 Å².